The SMILES string of the molecule is C=CCOC(=O)CC(O)[C@@H]1CCCN1. The van der Waals surface area contributed by atoms with E-state index >= 15 is 0 Å². The van der Waals surface area contributed by atoms with Gasteiger partial charge in [0, 0.05) is 6.04 Å². The first-order chi connectivity index (χ1) is 6.74. The molecule has 1 fully saturated rings. The van der Waals surface area contributed by atoms with E-state index in [0.29, 0.717) is 0 Å². The van der Waals surface area contributed by atoms with Crippen LogP contribution in [0.25, 0.3) is 0 Å². The Morgan fingerprint density at radius 2 is 2.57 bits per heavy atom. The van der Waals surface area contributed by atoms with Gasteiger partial charge in [-0.1, -0.05) is 12.7 Å². The number of aliphatic hydroxyl groups is 1. The Kier molecular flexibility index (Phi) is 4.62. The number of carbonyl (C=O) groups is 1. The van der Waals surface area contributed by atoms with Crippen LogP contribution in [-0.4, -0.2) is 36.4 Å². The Labute approximate surface area is 83.9 Å². The van der Waals surface area contributed by atoms with Crippen molar-refractivity contribution >= 4 is 5.97 Å². The van der Waals surface area contributed by atoms with E-state index in [0.717, 1.165) is 19.4 Å². The fourth-order valence-electron chi connectivity index (χ4n) is 1.56. The van der Waals surface area contributed by atoms with Crippen molar-refractivity contribution in [3.05, 3.63) is 12.7 Å². The number of rotatable bonds is 5. The van der Waals surface area contributed by atoms with Gasteiger partial charge in [-0.25, -0.2) is 0 Å². The van der Waals surface area contributed by atoms with E-state index in [-0.39, 0.29) is 25.0 Å². The van der Waals surface area contributed by atoms with Gasteiger partial charge >= 0.3 is 5.97 Å². The fourth-order valence-corrected chi connectivity index (χ4v) is 1.56. The van der Waals surface area contributed by atoms with Gasteiger partial charge in [0.05, 0.1) is 12.5 Å². The van der Waals surface area contributed by atoms with E-state index in [9.17, 15) is 9.90 Å². The predicted molar refractivity (Wildman–Crippen MR) is 52.8 cm³/mol. The molecule has 1 aliphatic rings. The first-order valence-electron chi connectivity index (χ1n) is 4.92. The Morgan fingerprint density at radius 1 is 1.79 bits per heavy atom. The molecule has 0 saturated carbocycles. The molecule has 0 aliphatic carbocycles. The van der Waals surface area contributed by atoms with Gasteiger partial charge in [0.2, 0.25) is 0 Å². The smallest absolute Gasteiger partial charge is 0.308 e. The second kappa shape index (κ2) is 5.78. The van der Waals surface area contributed by atoms with Crippen LogP contribution in [0.5, 0.6) is 0 Å². The van der Waals surface area contributed by atoms with Crippen LogP contribution in [0.3, 0.4) is 0 Å². The first-order valence-corrected chi connectivity index (χ1v) is 4.92. The highest BCUT2D eigenvalue weighted by Gasteiger charge is 2.24. The van der Waals surface area contributed by atoms with Crippen molar-refractivity contribution in [3.63, 3.8) is 0 Å². The molecule has 0 aromatic carbocycles. The van der Waals surface area contributed by atoms with Crippen molar-refractivity contribution in [2.24, 2.45) is 0 Å². The Balaban J connectivity index is 2.21. The lowest BCUT2D eigenvalue weighted by Gasteiger charge is -2.16. The summed E-state index contributed by atoms with van der Waals surface area (Å²) in [4.78, 5) is 11.1. The molecule has 4 nitrogen and oxygen atoms in total. The highest BCUT2D eigenvalue weighted by Crippen LogP contribution is 2.12. The summed E-state index contributed by atoms with van der Waals surface area (Å²) >= 11 is 0. The molecule has 80 valence electrons. The van der Waals surface area contributed by atoms with Crippen LogP contribution in [0.15, 0.2) is 12.7 Å². The van der Waals surface area contributed by atoms with Crippen molar-refractivity contribution in [2.75, 3.05) is 13.2 Å². The van der Waals surface area contributed by atoms with Crippen molar-refractivity contribution in [3.8, 4) is 0 Å². The number of hydrogen-bond acceptors (Lipinski definition) is 4. The summed E-state index contributed by atoms with van der Waals surface area (Å²) in [6.45, 7) is 4.57. The molecule has 1 heterocycles. The van der Waals surface area contributed by atoms with Crippen molar-refractivity contribution in [1.82, 2.24) is 5.32 Å². The molecule has 1 aliphatic heterocycles. The van der Waals surface area contributed by atoms with Crippen LogP contribution in [-0.2, 0) is 9.53 Å². The Hall–Kier alpha value is -0.870. The van der Waals surface area contributed by atoms with Crippen molar-refractivity contribution in [1.29, 1.82) is 0 Å². The zero-order valence-electron chi connectivity index (χ0n) is 8.24. The maximum absolute atomic E-state index is 11.1. The third-order valence-corrected chi connectivity index (χ3v) is 2.30. The lowest BCUT2D eigenvalue weighted by Crippen LogP contribution is -2.36. The largest absolute Gasteiger partial charge is 0.461 e. The van der Waals surface area contributed by atoms with E-state index < -0.39 is 6.10 Å². The number of hydrogen-bond donors (Lipinski definition) is 2. The molecule has 2 atom stereocenters. The second-order valence-corrected chi connectivity index (χ2v) is 3.45. The summed E-state index contributed by atoms with van der Waals surface area (Å²) in [7, 11) is 0. The number of nitrogens with one attached hydrogen (secondary N) is 1. The lowest BCUT2D eigenvalue weighted by atomic mass is 10.1. The molecule has 0 aromatic rings. The molecular weight excluding hydrogens is 182 g/mol. The van der Waals surface area contributed by atoms with E-state index in [4.69, 9.17) is 4.74 Å². The maximum atomic E-state index is 11.1. The van der Waals surface area contributed by atoms with Gasteiger partial charge in [-0.15, -0.1) is 0 Å². The minimum absolute atomic E-state index is 0.0475. The molecular formula is C10H17NO3. The maximum Gasteiger partial charge on any atom is 0.308 e. The lowest BCUT2D eigenvalue weighted by molar-refractivity contribution is -0.144. The summed E-state index contributed by atoms with van der Waals surface area (Å²) in [6, 6.07) is 0.0475. The highest BCUT2D eigenvalue weighted by atomic mass is 16.5. The van der Waals surface area contributed by atoms with Gasteiger partial charge in [-0.3, -0.25) is 4.79 Å². The van der Waals surface area contributed by atoms with Gasteiger partial charge in [0.15, 0.2) is 0 Å². The standard InChI is InChI=1S/C10H17NO3/c1-2-6-14-10(13)7-9(12)8-4-3-5-11-8/h2,8-9,11-12H,1,3-7H2/t8-,9?/m0/s1. The minimum atomic E-state index is -0.630. The first kappa shape index (κ1) is 11.2. The van der Waals surface area contributed by atoms with Crippen LogP contribution in [0.4, 0.5) is 0 Å². The van der Waals surface area contributed by atoms with Gasteiger partial charge in [-0.05, 0) is 19.4 Å². The van der Waals surface area contributed by atoms with Crippen LogP contribution in [0.2, 0.25) is 0 Å². The Morgan fingerprint density at radius 3 is 3.14 bits per heavy atom. The molecule has 0 aromatic heterocycles. The summed E-state index contributed by atoms with van der Waals surface area (Å²) in [5.41, 5.74) is 0. The van der Waals surface area contributed by atoms with Crippen LogP contribution in [0, 0.1) is 0 Å². The van der Waals surface area contributed by atoms with Gasteiger partial charge in [0.1, 0.15) is 6.61 Å². The molecule has 0 radical (unpaired) electrons. The molecule has 14 heavy (non-hydrogen) atoms. The van der Waals surface area contributed by atoms with Gasteiger partial charge in [0.25, 0.3) is 0 Å². The normalized spacial score (nSPS) is 23.1. The predicted octanol–water partition coefficient (Wildman–Crippen LogP) is 0.219. The van der Waals surface area contributed by atoms with E-state index in [1.54, 1.807) is 0 Å². The molecule has 1 rings (SSSR count). The number of esters is 1. The van der Waals surface area contributed by atoms with E-state index in [1.807, 2.05) is 0 Å². The number of aliphatic hydroxyl groups excluding tert-OH is 1. The van der Waals surface area contributed by atoms with Gasteiger partial charge < -0.3 is 15.2 Å². The zero-order valence-corrected chi connectivity index (χ0v) is 8.24. The minimum Gasteiger partial charge on any atom is -0.461 e. The fraction of sp³-hybridized carbons (Fsp3) is 0.700. The van der Waals surface area contributed by atoms with Crippen molar-refractivity contribution in [2.45, 2.75) is 31.4 Å². The van der Waals surface area contributed by atoms with Crippen LogP contribution < -0.4 is 5.32 Å². The topological polar surface area (TPSA) is 58.6 Å². The number of carbonyl (C=O) groups excluding carboxylic acids is 1. The summed E-state index contributed by atoms with van der Waals surface area (Å²) in [5, 5.41) is 12.8. The van der Waals surface area contributed by atoms with E-state index in [1.165, 1.54) is 6.08 Å². The molecule has 2 N–H and O–H groups in total. The van der Waals surface area contributed by atoms with Gasteiger partial charge in [-0.2, -0.15) is 0 Å². The molecule has 4 heteroatoms. The summed E-state index contributed by atoms with van der Waals surface area (Å²) in [6.07, 6.45) is 2.93. The highest BCUT2D eigenvalue weighted by molar-refractivity contribution is 5.70. The average molecular weight is 199 g/mol. The monoisotopic (exact) mass is 199 g/mol. The Bertz CT molecular complexity index is 200. The summed E-state index contributed by atoms with van der Waals surface area (Å²) in [5.74, 6) is -0.369. The van der Waals surface area contributed by atoms with E-state index in [2.05, 4.69) is 11.9 Å². The molecule has 1 unspecified atom stereocenters. The molecule has 0 bridgehead atoms. The third-order valence-electron chi connectivity index (χ3n) is 2.30. The van der Waals surface area contributed by atoms with Crippen LogP contribution in [0.1, 0.15) is 19.3 Å². The second-order valence-electron chi connectivity index (χ2n) is 3.45. The van der Waals surface area contributed by atoms with Crippen molar-refractivity contribution < 1.29 is 14.6 Å². The quantitative estimate of drug-likeness (QED) is 0.491. The average Bonchev–Trinajstić information content (AvgIpc) is 2.67. The van der Waals surface area contributed by atoms with Crippen LogP contribution >= 0.6 is 0 Å². The zero-order chi connectivity index (χ0) is 10.4. The summed E-state index contributed by atoms with van der Waals surface area (Å²) < 4.78 is 4.78. The molecule has 0 spiro atoms. The molecule has 0 amide bonds. The number of ether oxygens (including phenoxy) is 1. The molecule has 1 saturated heterocycles. The third kappa shape index (κ3) is 3.47.